The fourth-order valence-corrected chi connectivity index (χ4v) is 14.4. The van der Waals surface area contributed by atoms with Gasteiger partial charge in [-0.1, -0.05) is 290 Å². The summed E-state index contributed by atoms with van der Waals surface area (Å²) < 4.78 is 65.2. The second-order valence-electron chi connectivity index (χ2n) is 28.8. The van der Waals surface area contributed by atoms with Crippen molar-refractivity contribution in [2.45, 2.75) is 433 Å². The number of ether oxygens (including phenoxy) is 7. The van der Waals surface area contributed by atoms with E-state index in [2.05, 4.69) is 20.8 Å². The molecule has 18 atom stereocenters. The summed E-state index contributed by atoms with van der Waals surface area (Å²) in [7, 11) is -5.69. The van der Waals surface area contributed by atoms with Crippen LogP contribution in [-0.2, 0) is 61.2 Å². The Morgan fingerprint density at radius 2 is 0.640 bits per heavy atom. The van der Waals surface area contributed by atoms with E-state index in [4.69, 9.17) is 42.2 Å². The lowest BCUT2D eigenvalue weighted by molar-refractivity contribution is -0.360. The molecule has 2 aliphatic heterocycles. The zero-order valence-corrected chi connectivity index (χ0v) is 62.7. The molecule has 0 aromatic heterocycles. The monoisotopic (exact) mass is 1460 g/mol. The van der Waals surface area contributed by atoms with E-state index in [1.54, 1.807) is 0 Å². The molecule has 0 spiro atoms. The quantitative estimate of drug-likeness (QED) is 0.0117. The highest BCUT2D eigenvalue weighted by Gasteiger charge is 2.58. The van der Waals surface area contributed by atoms with E-state index in [1.165, 1.54) is 180 Å². The van der Waals surface area contributed by atoms with Crippen LogP contribution in [0, 0.1) is 0 Å². The normalized spacial score (nSPS) is 27.3. The molecule has 18 unspecified atom stereocenters. The molecule has 3 fully saturated rings. The Balaban J connectivity index is 1.71. The molecule has 0 amide bonds. The van der Waals surface area contributed by atoms with Gasteiger partial charge >= 0.3 is 25.7 Å². The third kappa shape index (κ3) is 39.5. The van der Waals surface area contributed by atoms with Crippen molar-refractivity contribution in [3.8, 4) is 0 Å². The minimum atomic E-state index is -5.69. The lowest BCUT2D eigenvalue weighted by Gasteiger charge is -2.49. The van der Waals surface area contributed by atoms with Gasteiger partial charge in [-0.25, -0.2) is 4.57 Å². The van der Waals surface area contributed by atoms with Crippen LogP contribution in [0.5, 0.6) is 0 Å². The molecule has 590 valence electrons. The summed E-state index contributed by atoms with van der Waals surface area (Å²) in [5.74, 6) is -1.97. The molecule has 0 radical (unpaired) electrons. The van der Waals surface area contributed by atoms with Crippen molar-refractivity contribution in [2.75, 3.05) is 26.4 Å². The van der Waals surface area contributed by atoms with Gasteiger partial charge in [0.1, 0.15) is 98.7 Å². The van der Waals surface area contributed by atoms with Crippen molar-refractivity contribution in [2.24, 2.45) is 0 Å². The van der Waals surface area contributed by atoms with Crippen molar-refractivity contribution in [1.29, 1.82) is 0 Å². The summed E-state index contributed by atoms with van der Waals surface area (Å²) in [5.41, 5.74) is 0. The average Bonchev–Trinajstić information content (AvgIpc) is 0.761. The minimum absolute atomic E-state index is 0.0329. The van der Waals surface area contributed by atoms with E-state index in [9.17, 15) is 74.9 Å². The minimum Gasteiger partial charge on any atom is -0.463 e. The Morgan fingerprint density at radius 1 is 0.350 bits per heavy atom. The first-order valence-electron chi connectivity index (χ1n) is 39.8. The van der Waals surface area contributed by atoms with Gasteiger partial charge < -0.3 is 89.1 Å². The lowest BCUT2D eigenvalue weighted by atomic mass is 9.84. The number of carbonyl (C=O) groups excluding carboxylic acids is 3. The first kappa shape index (κ1) is 92.2. The molecule has 2 saturated heterocycles. The zero-order chi connectivity index (χ0) is 73.2. The molecule has 2 heterocycles. The van der Waals surface area contributed by atoms with E-state index in [-0.39, 0.29) is 19.3 Å². The van der Waals surface area contributed by atoms with Crippen LogP contribution in [0.25, 0.3) is 0 Å². The highest BCUT2D eigenvalue weighted by Crippen LogP contribution is 2.49. The van der Waals surface area contributed by atoms with Gasteiger partial charge in [0.05, 0.1) is 13.2 Å². The molecule has 24 nitrogen and oxygen atoms in total. The van der Waals surface area contributed by atoms with Gasteiger partial charge in [0.25, 0.3) is 0 Å². The fourth-order valence-electron chi connectivity index (χ4n) is 13.4. The smallest absolute Gasteiger partial charge is 0.463 e. The van der Waals surface area contributed by atoms with E-state index in [0.717, 1.165) is 89.9 Å². The molecular formula is C75H141O24P. The van der Waals surface area contributed by atoms with Gasteiger partial charge in [-0.2, -0.15) is 0 Å². The van der Waals surface area contributed by atoms with Crippen LogP contribution >= 0.6 is 7.82 Å². The van der Waals surface area contributed by atoms with Gasteiger partial charge in [0, 0.05) is 19.3 Å². The first-order chi connectivity index (χ1) is 48.3. The second kappa shape index (κ2) is 57.2. The fraction of sp³-hybridized carbons (Fsp3) is 0.960. The van der Waals surface area contributed by atoms with Crippen LogP contribution in [0.2, 0.25) is 0 Å². The Labute approximate surface area is 600 Å². The molecule has 0 bridgehead atoms. The predicted molar refractivity (Wildman–Crippen MR) is 379 cm³/mol. The van der Waals surface area contributed by atoms with Crippen molar-refractivity contribution < 1.29 is 117 Å². The first-order valence-corrected chi connectivity index (χ1v) is 41.3. The molecule has 0 aromatic carbocycles. The summed E-state index contributed by atoms with van der Waals surface area (Å²) in [6.07, 6.45) is 15.7. The predicted octanol–water partition coefficient (Wildman–Crippen LogP) is 11.7. The number of unbranched alkanes of at least 4 members (excludes halogenated alkanes) is 42. The maximum Gasteiger partial charge on any atom is 0.472 e. The summed E-state index contributed by atoms with van der Waals surface area (Å²) >= 11 is 0. The largest absolute Gasteiger partial charge is 0.472 e. The number of aliphatic hydroxyl groups excluding tert-OH is 10. The van der Waals surface area contributed by atoms with Crippen LogP contribution in [0.15, 0.2) is 0 Å². The average molecular weight is 1460 g/mol. The van der Waals surface area contributed by atoms with Crippen LogP contribution in [0.4, 0.5) is 0 Å². The molecule has 0 aromatic rings. The van der Waals surface area contributed by atoms with Crippen LogP contribution in [0.1, 0.15) is 329 Å². The van der Waals surface area contributed by atoms with Crippen LogP contribution < -0.4 is 0 Å². The summed E-state index contributed by atoms with van der Waals surface area (Å²) in [4.78, 5) is 51.1. The Bertz CT molecular complexity index is 2060. The highest BCUT2D eigenvalue weighted by molar-refractivity contribution is 7.47. The Morgan fingerprint density at radius 3 is 0.980 bits per heavy atom. The van der Waals surface area contributed by atoms with E-state index in [0.29, 0.717) is 19.3 Å². The van der Waals surface area contributed by atoms with Gasteiger partial charge in [0.15, 0.2) is 18.7 Å². The summed E-state index contributed by atoms with van der Waals surface area (Å²) in [6, 6.07) is 0. The Kier molecular flexibility index (Phi) is 52.7. The van der Waals surface area contributed by atoms with Gasteiger partial charge in [-0.15, -0.1) is 0 Å². The maximum atomic E-state index is 14.4. The Hall–Kier alpha value is -2.04. The molecule has 3 aliphatic rings. The van der Waals surface area contributed by atoms with Gasteiger partial charge in [-0.3, -0.25) is 23.4 Å². The topological polar surface area (TPSA) is 374 Å². The van der Waals surface area contributed by atoms with Crippen LogP contribution in [0.3, 0.4) is 0 Å². The van der Waals surface area contributed by atoms with Gasteiger partial charge in [0.2, 0.25) is 0 Å². The number of phosphoric ester groups is 1. The zero-order valence-electron chi connectivity index (χ0n) is 61.8. The number of hydrogen-bond acceptors (Lipinski definition) is 23. The number of hydrogen-bond donors (Lipinski definition) is 11. The molecule has 100 heavy (non-hydrogen) atoms. The highest BCUT2D eigenvalue weighted by atomic mass is 31.2. The van der Waals surface area contributed by atoms with Crippen molar-refractivity contribution in [3.63, 3.8) is 0 Å². The number of phosphoric acid groups is 1. The maximum absolute atomic E-state index is 14.4. The molecule has 1 aliphatic carbocycles. The van der Waals surface area contributed by atoms with Gasteiger partial charge in [-0.05, 0) is 19.3 Å². The second-order valence-corrected chi connectivity index (χ2v) is 30.2. The number of carbonyl (C=O) groups is 3. The van der Waals surface area contributed by atoms with Crippen molar-refractivity contribution in [3.05, 3.63) is 0 Å². The van der Waals surface area contributed by atoms with E-state index in [1.807, 2.05) is 0 Å². The number of esters is 3. The lowest BCUT2D eigenvalue weighted by Crippen LogP contribution is -2.69. The standard InChI is InChI=1S/C75H141O24P/c1-4-7-10-13-16-19-22-25-28-30-33-34-37-40-43-46-49-59(77)91-53-56(94-61(79)51-48-45-42-39-36-31-27-24-21-18-15-12-9-6-3)54-93-100(89,90)99-73-71(97-74-69(87)64(82)62(80)57(52-76)95-74)67(85)66(84)68(86)72(73)98-75-70(88)65(83)63(81)58(96-75)55-92-60(78)50-47-44-41-38-35-32-29-26-23-20-17-14-11-8-5-2/h56-58,62-76,80-88H,4-55H2,1-3H3,(H,89,90). The number of aliphatic hydroxyl groups is 10. The van der Waals surface area contributed by atoms with Crippen molar-refractivity contribution >= 4 is 25.7 Å². The molecule has 3 rings (SSSR count). The van der Waals surface area contributed by atoms with E-state index < -0.39 is 156 Å². The summed E-state index contributed by atoms with van der Waals surface area (Å²) in [6.45, 7) is 3.50. The third-order valence-corrected chi connectivity index (χ3v) is 20.9. The summed E-state index contributed by atoms with van der Waals surface area (Å²) in [5, 5.41) is 110. The van der Waals surface area contributed by atoms with E-state index >= 15 is 0 Å². The third-order valence-electron chi connectivity index (χ3n) is 19.9. The molecule has 11 N–H and O–H groups in total. The van der Waals surface area contributed by atoms with Crippen LogP contribution in [-0.4, -0.2) is 204 Å². The number of rotatable bonds is 63. The molecule has 25 heteroatoms. The molecular weight excluding hydrogens is 1320 g/mol. The molecule has 1 saturated carbocycles. The van der Waals surface area contributed by atoms with Crippen molar-refractivity contribution in [1.82, 2.24) is 0 Å². The SMILES string of the molecule is CCCCCCCCCCCCCCCCCCC(=O)OCC(COP(=O)(O)OC1C(OC2OC(CO)C(O)C(O)C2O)C(O)C(O)C(O)C1OC1OC(COC(=O)CCCCCCCCCCCCCCCCC)C(O)C(O)C1O)OC(=O)CCCCCCCCCCCCCCCC.